The number of hydrogen-bond acceptors (Lipinski definition) is 3. The van der Waals surface area contributed by atoms with Crippen LogP contribution in [0.3, 0.4) is 0 Å². The highest BCUT2D eigenvalue weighted by Crippen LogP contribution is 2.32. The van der Waals surface area contributed by atoms with E-state index in [9.17, 15) is 0 Å². The lowest BCUT2D eigenvalue weighted by Gasteiger charge is -2.23. The molecular formula is C14H20N2S2. The van der Waals surface area contributed by atoms with Crippen molar-refractivity contribution in [2.75, 3.05) is 11.6 Å². The van der Waals surface area contributed by atoms with Gasteiger partial charge in [-0.25, -0.2) is 0 Å². The Labute approximate surface area is 119 Å². The SMILES string of the molecule is CSC1CCCC1Nc1c(C)cccc1C(N)=S. The first-order chi connectivity index (χ1) is 8.63. The van der Waals surface area contributed by atoms with Gasteiger partial charge in [0.1, 0.15) is 4.99 Å². The number of nitrogens with two attached hydrogens (primary N) is 1. The van der Waals surface area contributed by atoms with Crippen LogP contribution < -0.4 is 11.1 Å². The van der Waals surface area contributed by atoms with Crippen LogP contribution in [0.5, 0.6) is 0 Å². The Morgan fingerprint density at radius 3 is 2.89 bits per heavy atom. The lowest BCUT2D eigenvalue weighted by atomic mass is 10.1. The van der Waals surface area contributed by atoms with Crippen LogP contribution in [0, 0.1) is 6.92 Å². The van der Waals surface area contributed by atoms with Gasteiger partial charge in [0, 0.05) is 22.5 Å². The van der Waals surface area contributed by atoms with Gasteiger partial charge in [0.15, 0.2) is 0 Å². The molecule has 2 unspecified atom stereocenters. The summed E-state index contributed by atoms with van der Waals surface area (Å²) in [6.45, 7) is 2.10. The van der Waals surface area contributed by atoms with Crippen molar-refractivity contribution in [1.29, 1.82) is 0 Å². The summed E-state index contributed by atoms with van der Waals surface area (Å²) < 4.78 is 0. The van der Waals surface area contributed by atoms with Gasteiger partial charge in [-0.3, -0.25) is 0 Å². The number of rotatable bonds is 4. The molecule has 1 aromatic rings. The van der Waals surface area contributed by atoms with E-state index in [-0.39, 0.29) is 0 Å². The number of thiocarbonyl (C=S) groups is 1. The molecule has 0 heterocycles. The molecule has 1 aliphatic carbocycles. The van der Waals surface area contributed by atoms with Crippen molar-refractivity contribution in [3.8, 4) is 0 Å². The average molecular weight is 280 g/mol. The monoisotopic (exact) mass is 280 g/mol. The fraction of sp³-hybridized carbons (Fsp3) is 0.500. The summed E-state index contributed by atoms with van der Waals surface area (Å²) in [6, 6.07) is 6.65. The molecule has 4 heteroatoms. The van der Waals surface area contributed by atoms with E-state index < -0.39 is 0 Å². The van der Waals surface area contributed by atoms with Crippen molar-refractivity contribution in [2.24, 2.45) is 5.73 Å². The number of anilines is 1. The molecule has 0 amide bonds. The molecule has 0 spiro atoms. The Hall–Kier alpha value is -0.740. The fourth-order valence-corrected chi connectivity index (χ4v) is 3.73. The summed E-state index contributed by atoms with van der Waals surface area (Å²) in [4.78, 5) is 0.472. The number of thioether (sulfide) groups is 1. The normalized spacial score (nSPS) is 23.0. The second-order valence-electron chi connectivity index (χ2n) is 4.82. The molecule has 0 aromatic heterocycles. The third-order valence-corrected chi connectivity index (χ3v) is 5.01. The minimum absolute atomic E-state index is 0.472. The fourth-order valence-electron chi connectivity index (χ4n) is 2.62. The minimum atomic E-state index is 0.472. The van der Waals surface area contributed by atoms with Crippen LogP contribution in [0.25, 0.3) is 0 Å². The molecule has 3 N–H and O–H groups in total. The Morgan fingerprint density at radius 2 is 2.22 bits per heavy atom. The van der Waals surface area contributed by atoms with Gasteiger partial charge in [-0.05, 0) is 37.7 Å². The third kappa shape index (κ3) is 2.81. The average Bonchev–Trinajstić information content (AvgIpc) is 2.78. The first kappa shape index (κ1) is 13.7. The van der Waals surface area contributed by atoms with Crippen LogP contribution in [0.2, 0.25) is 0 Å². The van der Waals surface area contributed by atoms with Gasteiger partial charge in [-0.1, -0.05) is 30.8 Å². The van der Waals surface area contributed by atoms with Crippen molar-refractivity contribution in [1.82, 2.24) is 0 Å². The summed E-state index contributed by atoms with van der Waals surface area (Å²) in [7, 11) is 0. The number of aryl methyl sites for hydroxylation is 1. The second kappa shape index (κ2) is 5.93. The largest absolute Gasteiger partial charge is 0.389 e. The van der Waals surface area contributed by atoms with Gasteiger partial charge in [0.2, 0.25) is 0 Å². The lowest BCUT2D eigenvalue weighted by Crippen LogP contribution is -2.27. The zero-order valence-corrected chi connectivity index (χ0v) is 12.5. The van der Waals surface area contributed by atoms with Crippen LogP contribution in [-0.2, 0) is 0 Å². The molecule has 98 valence electrons. The summed E-state index contributed by atoms with van der Waals surface area (Å²) in [5.41, 5.74) is 9.12. The van der Waals surface area contributed by atoms with Gasteiger partial charge in [0.25, 0.3) is 0 Å². The molecule has 2 nitrogen and oxygen atoms in total. The Bertz CT molecular complexity index is 445. The van der Waals surface area contributed by atoms with Crippen LogP contribution in [0.4, 0.5) is 5.69 Å². The quantitative estimate of drug-likeness (QED) is 0.830. The van der Waals surface area contributed by atoms with Gasteiger partial charge in [-0.15, -0.1) is 0 Å². The third-order valence-electron chi connectivity index (χ3n) is 3.62. The number of benzene rings is 1. The molecule has 2 rings (SSSR count). The second-order valence-corrected chi connectivity index (χ2v) is 6.33. The predicted octanol–water partition coefficient (Wildman–Crippen LogP) is 3.33. The minimum Gasteiger partial charge on any atom is -0.389 e. The van der Waals surface area contributed by atoms with Crippen LogP contribution in [-0.4, -0.2) is 22.5 Å². The molecule has 1 fully saturated rings. The first-order valence-corrected chi connectivity index (χ1v) is 8.02. The van der Waals surface area contributed by atoms with Gasteiger partial charge in [0.05, 0.1) is 0 Å². The van der Waals surface area contributed by atoms with Crippen molar-refractivity contribution >= 4 is 34.7 Å². The lowest BCUT2D eigenvalue weighted by molar-refractivity contribution is 0.767. The highest BCUT2D eigenvalue weighted by Gasteiger charge is 2.27. The smallest absolute Gasteiger partial charge is 0.106 e. The topological polar surface area (TPSA) is 38.0 Å². The molecule has 1 aliphatic rings. The maximum Gasteiger partial charge on any atom is 0.106 e. The number of hydrogen-bond donors (Lipinski definition) is 2. The highest BCUT2D eigenvalue weighted by molar-refractivity contribution is 7.99. The van der Waals surface area contributed by atoms with Crippen molar-refractivity contribution in [3.05, 3.63) is 29.3 Å². The maximum absolute atomic E-state index is 5.81. The Kier molecular flexibility index (Phi) is 4.51. The highest BCUT2D eigenvalue weighted by atomic mass is 32.2. The Morgan fingerprint density at radius 1 is 1.44 bits per heavy atom. The molecule has 2 atom stereocenters. The molecule has 1 aromatic carbocycles. The van der Waals surface area contributed by atoms with Crippen molar-refractivity contribution in [2.45, 2.75) is 37.5 Å². The van der Waals surface area contributed by atoms with E-state index in [2.05, 4.69) is 24.6 Å². The predicted molar refractivity (Wildman–Crippen MR) is 85.6 cm³/mol. The van der Waals surface area contributed by atoms with Gasteiger partial charge in [-0.2, -0.15) is 11.8 Å². The molecular weight excluding hydrogens is 260 g/mol. The Balaban J connectivity index is 2.25. The summed E-state index contributed by atoms with van der Waals surface area (Å²) in [5, 5.41) is 4.37. The van der Waals surface area contributed by atoms with Crippen LogP contribution >= 0.6 is 24.0 Å². The molecule has 0 aliphatic heterocycles. The standard InChI is InChI=1S/C14H20N2S2/c1-9-5-3-6-10(14(15)17)13(9)16-11-7-4-8-12(11)18-2/h3,5-6,11-12,16H,4,7-8H2,1-2H3,(H2,15,17). The number of nitrogens with one attached hydrogen (secondary N) is 1. The van der Waals surface area contributed by atoms with E-state index in [1.54, 1.807) is 0 Å². The summed E-state index contributed by atoms with van der Waals surface area (Å²) in [6.07, 6.45) is 6.03. The first-order valence-electron chi connectivity index (χ1n) is 6.32. The van der Waals surface area contributed by atoms with E-state index in [1.165, 1.54) is 24.8 Å². The molecule has 1 saturated carbocycles. The molecule has 18 heavy (non-hydrogen) atoms. The maximum atomic E-state index is 5.81. The van der Waals surface area contributed by atoms with E-state index in [4.69, 9.17) is 18.0 Å². The van der Waals surface area contributed by atoms with E-state index in [1.807, 2.05) is 23.9 Å². The molecule has 0 bridgehead atoms. The molecule has 0 saturated heterocycles. The molecule has 0 radical (unpaired) electrons. The van der Waals surface area contributed by atoms with Crippen LogP contribution in [0.15, 0.2) is 18.2 Å². The summed E-state index contributed by atoms with van der Waals surface area (Å²) in [5.74, 6) is 0. The zero-order chi connectivity index (χ0) is 13.1. The van der Waals surface area contributed by atoms with E-state index >= 15 is 0 Å². The van der Waals surface area contributed by atoms with Crippen molar-refractivity contribution < 1.29 is 0 Å². The zero-order valence-electron chi connectivity index (χ0n) is 10.9. The van der Waals surface area contributed by atoms with Gasteiger partial charge >= 0.3 is 0 Å². The van der Waals surface area contributed by atoms with Crippen LogP contribution in [0.1, 0.15) is 30.4 Å². The van der Waals surface area contributed by atoms with E-state index in [0.717, 1.165) is 11.3 Å². The number of para-hydroxylation sites is 1. The van der Waals surface area contributed by atoms with Crippen molar-refractivity contribution in [3.63, 3.8) is 0 Å². The van der Waals surface area contributed by atoms with E-state index in [0.29, 0.717) is 16.3 Å². The summed E-state index contributed by atoms with van der Waals surface area (Å²) >= 11 is 7.09. The van der Waals surface area contributed by atoms with Gasteiger partial charge < -0.3 is 11.1 Å².